The topological polar surface area (TPSA) is 56.7 Å². The number of benzene rings is 2. The molecule has 7 heteroatoms. The monoisotopic (exact) mass is 368 g/mol. The molecule has 0 fully saturated rings. The molecule has 2 aromatic heterocycles. The number of aromatic nitrogens is 4. The van der Waals surface area contributed by atoms with E-state index in [0.717, 1.165) is 22.2 Å². The molecule has 0 radical (unpaired) electrons. The largest absolute Gasteiger partial charge is 0.440 e. The number of nitrogens with zero attached hydrogens (tertiary/aromatic N) is 4. The molecule has 0 spiro atoms. The Balaban J connectivity index is 1.50. The summed E-state index contributed by atoms with van der Waals surface area (Å²) >= 11 is 7.57. The van der Waals surface area contributed by atoms with E-state index in [9.17, 15) is 0 Å². The second-order valence-corrected chi connectivity index (χ2v) is 6.62. The van der Waals surface area contributed by atoms with Crippen LogP contribution in [0.5, 0.6) is 0 Å². The van der Waals surface area contributed by atoms with E-state index in [4.69, 9.17) is 16.0 Å². The number of halogens is 1. The molecule has 0 aliphatic rings. The first-order valence-electron chi connectivity index (χ1n) is 7.58. The van der Waals surface area contributed by atoms with Gasteiger partial charge in [0.25, 0.3) is 0 Å². The third-order valence-electron chi connectivity index (χ3n) is 3.54. The maximum Gasteiger partial charge on any atom is 0.205 e. The fourth-order valence-electron chi connectivity index (χ4n) is 2.37. The first-order chi connectivity index (χ1) is 12.3. The van der Waals surface area contributed by atoms with Crippen molar-refractivity contribution in [3.8, 4) is 17.0 Å². The Labute approximate surface area is 153 Å². The van der Waals surface area contributed by atoms with Crippen LogP contribution in [0.1, 0.15) is 5.89 Å². The molecule has 0 amide bonds. The van der Waals surface area contributed by atoms with Crippen LogP contribution in [0.4, 0.5) is 0 Å². The average molecular weight is 369 g/mol. The highest BCUT2D eigenvalue weighted by Crippen LogP contribution is 2.26. The van der Waals surface area contributed by atoms with Crippen LogP contribution in [0, 0.1) is 0 Å². The summed E-state index contributed by atoms with van der Waals surface area (Å²) in [6, 6.07) is 17.5. The van der Waals surface area contributed by atoms with Crippen LogP contribution in [0.2, 0.25) is 5.02 Å². The van der Waals surface area contributed by atoms with Crippen molar-refractivity contribution >= 4 is 23.4 Å². The molecule has 25 heavy (non-hydrogen) atoms. The van der Waals surface area contributed by atoms with Crippen molar-refractivity contribution in [3.63, 3.8) is 0 Å². The van der Waals surface area contributed by atoms with Crippen molar-refractivity contribution in [3.05, 3.63) is 78.0 Å². The van der Waals surface area contributed by atoms with Gasteiger partial charge in [0.05, 0.1) is 17.6 Å². The van der Waals surface area contributed by atoms with Crippen LogP contribution in [-0.2, 0) is 5.75 Å². The van der Waals surface area contributed by atoms with E-state index in [2.05, 4.69) is 15.2 Å². The maximum absolute atomic E-state index is 6.06. The Morgan fingerprint density at radius 2 is 1.96 bits per heavy atom. The number of oxazole rings is 1. The lowest BCUT2D eigenvalue weighted by Gasteiger charge is -2.05. The van der Waals surface area contributed by atoms with Gasteiger partial charge in [-0.1, -0.05) is 59.8 Å². The second kappa shape index (κ2) is 7.13. The lowest BCUT2D eigenvalue weighted by atomic mass is 10.2. The Kier molecular flexibility index (Phi) is 4.54. The lowest BCUT2D eigenvalue weighted by Crippen LogP contribution is -1.95. The molecule has 5 nitrogen and oxygen atoms in total. The van der Waals surface area contributed by atoms with E-state index in [-0.39, 0.29) is 0 Å². The normalized spacial score (nSPS) is 10.9. The SMILES string of the molecule is Clc1cccc(-n2cnnc2SCc2ncc(-c3ccccc3)o2)c1. The van der Waals surface area contributed by atoms with E-state index in [1.165, 1.54) is 11.8 Å². The van der Waals surface area contributed by atoms with Crippen molar-refractivity contribution in [2.75, 3.05) is 0 Å². The van der Waals surface area contributed by atoms with Crippen molar-refractivity contribution in [2.24, 2.45) is 0 Å². The highest BCUT2D eigenvalue weighted by Gasteiger charge is 2.11. The highest BCUT2D eigenvalue weighted by atomic mass is 35.5. The minimum absolute atomic E-state index is 0.562. The number of rotatable bonds is 5. The Hall–Kier alpha value is -2.57. The molecule has 2 aromatic carbocycles. The number of hydrogen-bond acceptors (Lipinski definition) is 5. The van der Waals surface area contributed by atoms with Crippen LogP contribution >= 0.6 is 23.4 Å². The van der Waals surface area contributed by atoms with Gasteiger partial charge in [0.1, 0.15) is 6.33 Å². The molecular formula is C18H13ClN4OS. The van der Waals surface area contributed by atoms with E-state index in [1.54, 1.807) is 12.5 Å². The molecule has 0 bridgehead atoms. The summed E-state index contributed by atoms with van der Waals surface area (Å²) in [5, 5.41) is 9.58. The van der Waals surface area contributed by atoms with Crippen LogP contribution in [0.15, 0.2) is 76.7 Å². The first-order valence-corrected chi connectivity index (χ1v) is 8.95. The molecule has 0 unspecified atom stereocenters. The Morgan fingerprint density at radius 3 is 2.80 bits per heavy atom. The summed E-state index contributed by atoms with van der Waals surface area (Å²) in [6.45, 7) is 0. The summed E-state index contributed by atoms with van der Waals surface area (Å²) < 4.78 is 7.71. The number of hydrogen-bond donors (Lipinski definition) is 0. The summed E-state index contributed by atoms with van der Waals surface area (Å²) in [4.78, 5) is 4.34. The quantitative estimate of drug-likeness (QED) is 0.470. The summed E-state index contributed by atoms with van der Waals surface area (Å²) in [5.41, 5.74) is 1.92. The predicted octanol–water partition coefficient (Wildman–Crippen LogP) is 4.87. The zero-order chi connectivity index (χ0) is 17.1. The fourth-order valence-corrected chi connectivity index (χ4v) is 3.33. The van der Waals surface area contributed by atoms with Crippen molar-refractivity contribution in [1.29, 1.82) is 0 Å². The van der Waals surface area contributed by atoms with Crippen LogP contribution in [-0.4, -0.2) is 19.7 Å². The number of thioether (sulfide) groups is 1. The maximum atomic E-state index is 6.06. The van der Waals surface area contributed by atoms with Gasteiger partial charge >= 0.3 is 0 Å². The van der Waals surface area contributed by atoms with Crippen molar-refractivity contribution in [2.45, 2.75) is 10.9 Å². The third kappa shape index (κ3) is 3.60. The van der Waals surface area contributed by atoms with Gasteiger partial charge in [-0.15, -0.1) is 10.2 Å². The third-order valence-corrected chi connectivity index (χ3v) is 4.70. The zero-order valence-corrected chi connectivity index (χ0v) is 14.6. The molecule has 4 aromatic rings. The van der Waals surface area contributed by atoms with E-state index >= 15 is 0 Å². The molecule has 2 heterocycles. The van der Waals surface area contributed by atoms with Gasteiger partial charge in [-0.05, 0) is 18.2 Å². The van der Waals surface area contributed by atoms with Gasteiger partial charge in [0.15, 0.2) is 10.9 Å². The summed E-state index contributed by atoms with van der Waals surface area (Å²) in [6.07, 6.45) is 3.41. The van der Waals surface area contributed by atoms with Gasteiger partial charge in [-0.25, -0.2) is 4.98 Å². The summed E-state index contributed by atoms with van der Waals surface area (Å²) in [7, 11) is 0. The van der Waals surface area contributed by atoms with Gasteiger partial charge in [-0.3, -0.25) is 4.57 Å². The Morgan fingerprint density at radius 1 is 1.08 bits per heavy atom. The van der Waals surface area contributed by atoms with Crippen LogP contribution in [0.3, 0.4) is 0 Å². The molecule has 0 aliphatic heterocycles. The molecule has 0 atom stereocenters. The van der Waals surface area contributed by atoms with E-state index in [1.807, 2.05) is 59.2 Å². The molecule has 0 saturated heterocycles. The minimum Gasteiger partial charge on any atom is -0.440 e. The van der Waals surface area contributed by atoms with Crippen molar-refractivity contribution < 1.29 is 4.42 Å². The van der Waals surface area contributed by atoms with Gasteiger partial charge < -0.3 is 4.42 Å². The van der Waals surface area contributed by atoms with Gasteiger partial charge in [0.2, 0.25) is 5.89 Å². The molecular weight excluding hydrogens is 356 g/mol. The molecule has 124 valence electrons. The van der Waals surface area contributed by atoms with Crippen LogP contribution in [0.25, 0.3) is 17.0 Å². The van der Waals surface area contributed by atoms with Gasteiger partial charge in [0, 0.05) is 10.6 Å². The van der Waals surface area contributed by atoms with Crippen molar-refractivity contribution in [1.82, 2.24) is 19.7 Å². The van der Waals surface area contributed by atoms with E-state index < -0.39 is 0 Å². The lowest BCUT2D eigenvalue weighted by molar-refractivity contribution is 0.529. The average Bonchev–Trinajstić information content (AvgIpc) is 3.30. The molecule has 0 saturated carbocycles. The smallest absolute Gasteiger partial charge is 0.205 e. The van der Waals surface area contributed by atoms with Gasteiger partial charge in [-0.2, -0.15) is 0 Å². The predicted molar refractivity (Wildman–Crippen MR) is 97.9 cm³/mol. The minimum atomic E-state index is 0.562. The summed E-state index contributed by atoms with van der Waals surface area (Å²) in [5.74, 6) is 1.96. The molecule has 0 N–H and O–H groups in total. The second-order valence-electron chi connectivity index (χ2n) is 5.24. The zero-order valence-electron chi connectivity index (χ0n) is 13.0. The first kappa shape index (κ1) is 15.9. The standard InChI is InChI=1S/C18H13ClN4OS/c19-14-7-4-8-15(9-14)23-12-21-22-18(23)25-11-17-20-10-16(24-17)13-5-2-1-3-6-13/h1-10,12H,11H2. The molecule has 0 aliphatic carbocycles. The van der Waals surface area contributed by atoms with Crippen LogP contribution < -0.4 is 0 Å². The highest BCUT2D eigenvalue weighted by molar-refractivity contribution is 7.98. The molecule has 4 rings (SSSR count). The van der Waals surface area contributed by atoms with E-state index in [0.29, 0.717) is 16.7 Å². The Bertz CT molecular complexity index is 983. The fraction of sp³-hybridized carbons (Fsp3) is 0.0556.